The lowest BCUT2D eigenvalue weighted by Crippen LogP contribution is -2.30. The maximum Gasteiger partial charge on any atom is 0.125 e. The van der Waals surface area contributed by atoms with Crippen molar-refractivity contribution in [3.8, 4) is 0 Å². The van der Waals surface area contributed by atoms with Crippen LogP contribution in [-0.2, 0) is 6.42 Å². The SMILES string of the molecule is CN(CCNCCc1cccs1)c1cccc(F)c1. The first-order valence-electron chi connectivity index (χ1n) is 6.45. The van der Waals surface area contributed by atoms with Crippen LogP contribution >= 0.6 is 11.3 Å². The van der Waals surface area contributed by atoms with Gasteiger partial charge in [0.1, 0.15) is 5.82 Å². The summed E-state index contributed by atoms with van der Waals surface area (Å²) in [5.41, 5.74) is 0.917. The fourth-order valence-electron chi connectivity index (χ4n) is 1.88. The Morgan fingerprint density at radius 1 is 1.21 bits per heavy atom. The highest BCUT2D eigenvalue weighted by Crippen LogP contribution is 2.13. The summed E-state index contributed by atoms with van der Waals surface area (Å²) < 4.78 is 13.1. The number of thiophene rings is 1. The van der Waals surface area contributed by atoms with Gasteiger partial charge in [-0.05, 0) is 36.1 Å². The van der Waals surface area contributed by atoms with Gasteiger partial charge in [-0.1, -0.05) is 12.1 Å². The van der Waals surface area contributed by atoms with Crippen LogP contribution in [0.5, 0.6) is 0 Å². The highest BCUT2D eigenvalue weighted by Gasteiger charge is 2.01. The highest BCUT2D eigenvalue weighted by atomic mass is 32.1. The largest absolute Gasteiger partial charge is 0.373 e. The molecule has 1 aromatic heterocycles. The summed E-state index contributed by atoms with van der Waals surface area (Å²) in [5, 5.41) is 5.51. The molecule has 0 aliphatic carbocycles. The molecule has 0 bridgehead atoms. The van der Waals surface area contributed by atoms with E-state index in [0.29, 0.717) is 0 Å². The predicted molar refractivity (Wildman–Crippen MR) is 80.6 cm³/mol. The van der Waals surface area contributed by atoms with Gasteiger partial charge in [0.15, 0.2) is 0 Å². The second-order valence-electron chi connectivity index (χ2n) is 4.48. The molecule has 0 radical (unpaired) electrons. The minimum Gasteiger partial charge on any atom is -0.373 e. The standard InChI is InChI=1S/C15H19FN2S/c1-18(14-5-2-4-13(16)12-14)10-9-17-8-7-15-6-3-11-19-15/h2-6,11-12,17H,7-10H2,1H3. The van der Waals surface area contributed by atoms with Gasteiger partial charge < -0.3 is 10.2 Å². The maximum absolute atomic E-state index is 13.1. The molecule has 2 aromatic rings. The van der Waals surface area contributed by atoms with Crippen LogP contribution in [0.1, 0.15) is 4.88 Å². The Bertz CT molecular complexity index is 485. The fraction of sp³-hybridized carbons (Fsp3) is 0.333. The molecule has 19 heavy (non-hydrogen) atoms. The van der Waals surface area contributed by atoms with E-state index in [9.17, 15) is 4.39 Å². The number of nitrogens with one attached hydrogen (secondary N) is 1. The molecular weight excluding hydrogens is 259 g/mol. The minimum absolute atomic E-state index is 0.185. The number of likely N-dealkylation sites (N-methyl/N-ethyl adjacent to an activating group) is 1. The predicted octanol–water partition coefficient (Wildman–Crippen LogP) is 3.16. The van der Waals surface area contributed by atoms with Crippen LogP contribution in [0.2, 0.25) is 0 Å². The van der Waals surface area contributed by atoms with E-state index >= 15 is 0 Å². The molecule has 0 saturated carbocycles. The first-order valence-corrected chi connectivity index (χ1v) is 7.33. The second-order valence-corrected chi connectivity index (χ2v) is 5.51. The van der Waals surface area contributed by atoms with Crippen molar-refractivity contribution in [1.29, 1.82) is 0 Å². The van der Waals surface area contributed by atoms with Gasteiger partial charge in [-0.2, -0.15) is 0 Å². The molecule has 2 nitrogen and oxygen atoms in total. The lowest BCUT2D eigenvalue weighted by atomic mass is 10.3. The summed E-state index contributed by atoms with van der Waals surface area (Å²) in [7, 11) is 1.98. The lowest BCUT2D eigenvalue weighted by molar-refractivity contribution is 0.626. The summed E-state index contributed by atoms with van der Waals surface area (Å²) in [6.07, 6.45) is 1.07. The molecule has 1 N–H and O–H groups in total. The van der Waals surface area contributed by atoms with E-state index in [0.717, 1.165) is 31.7 Å². The van der Waals surface area contributed by atoms with Crippen LogP contribution in [0.3, 0.4) is 0 Å². The van der Waals surface area contributed by atoms with Gasteiger partial charge in [-0.3, -0.25) is 0 Å². The molecule has 1 aromatic carbocycles. The Morgan fingerprint density at radius 2 is 2.11 bits per heavy atom. The number of benzene rings is 1. The minimum atomic E-state index is -0.185. The molecule has 2 rings (SSSR count). The number of hydrogen-bond acceptors (Lipinski definition) is 3. The van der Waals surface area contributed by atoms with Crippen molar-refractivity contribution in [3.05, 3.63) is 52.5 Å². The van der Waals surface area contributed by atoms with E-state index in [2.05, 4.69) is 27.7 Å². The zero-order valence-electron chi connectivity index (χ0n) is 11.1. The van der Waals surface area contributed by atoms with E-state index in [1.807, 2.05) is 13.1 Å². The van der Waals surface area contributed by atoms with Gasteiger partial charge >= 0.3 is 0 Å². The fourth-order valence-corrected chi connectivity index (χ4v) is 2.59. The molecule has 0 aliphatic rings. The number of hydrogen-bond donors (Lipinski definition) is 1. The molecule has 1 heterocycles. The van der Waals surface area contributed by atoms with Gasteiger partial charge in [-0.15, -0.1) is 11.3 Å². The average molecular weight is 278 g/mol. The zero-order chi connectivity index (χ0) is 13.5. The molecule has 0 saturated heterocycles. The van der Waals surface area contributed by atoms with Crippen LogP contribution in [0.15, 0.2) is 41.8 Å². The Labute approximate surface area is 117 Å². The van der Waals surface area contributed by atoms with Crippen LogP contribution in [-0.4, -0.2) is 26.7 Å². The summed E-state index contributed by atoms with van der Waals surface area (Å²) >= 11 is 1.79. The second kappa shape index (κ2) is 7.26. The third-order valence-electron chi connectivity index (χ3n) is 3.00. The van der Waals surface area contributed by atoms with Crippen molar-refractivity contribution in [2.45, 2.75) is 6.42 Å². The molecule has 0 aliphatic heterocycles. The van der Waals surface area contributed by atoms with E-state index in [-0.39, 0.29) is 5.82 Å². The Kier molecular flexibility index (Phi) is 5.36. The van der Waals surface area contributed by atoms with E-state index in [1.54, 1.807) is 23.5 Å². The van der Waals surface area contributed by atoms with Crippen LogP contribution in [0.4, 0.5) is 10.1 Å². The van der Waals surface area contributed by atoms with Gasteiger partial charge in [0.25, 0.3) is 0 Å². The first kappa shape index (κ1) is 14.0. The zero-order valence-corrected chi connectivity index (χ0v) is 11.9. The van der Waals surface area contributed by atoms with Gasteiger partial charge in [0.05, 0.1) is 0 Å². The topological polar surface area (TPSA) is 15.3 Å². The van der Waals surface area contributed by atoms with Crippen molar-refractivity contribution in [3.63, 3.8) is 0 Å². The van der Waals surface area contributed by atoms with Gasteiger partial charge in [0.2, 0.25) is 0 Å². The van der Waals surface area contributed by atoms with Gasteiger partial charge in [-0.25, -0.2) is 4.39 Å². The summed E-state index contributed by atoms with van der Waals surface area (Å²) in [6.45, 7) is 2.75. The molecule has 0 atom stereocenters. The molecule has 0 spiro atoms. The maximum atomic E-state index is 13.1. The average Bonchev–Trinajstić information content (AvgIpc) is 2.91. The number of halogens is 1. The molecule has 0 amide bonds. The summed E-state index contributed by atoms with van der Waals surface area (Å²) in [6, 6.07) is 10.9. The monoisotopic (exact) mass is 278 g/mol. The molecule has 0 fully saturated rings. The van der Waals surface area contributed by atoms with Crippen LogP contribution in [0, 0.1) is 5.82 Å². The molecular formula is C15H19FN2S. The summed E-state index contributed by atoms with van der Waals surface area (Å²) in [5.74, 6) is -0.185. The Balaban J connectivity index is 1.65. The quantitative estimate of drug-likeness (QED) is 0.783. The normalized spacial score (nSPS) is 10.6. The van der Waals surface area contributed by atoms with Crippen molar-refractivity contribution in [2.24, 2.45) is 0 Å². The van der Waals surface area contributed by atoms with E-state index < -0.39 is 0 Å². The highest BCUT2D eigenvalue weighted by molar-refractivity contribution is 7.09. The van der Waals surface area contributed by atoms with E-state index in [1.165, 1.54) is 10.9 Å². The third-order valence-corrected chi connectivity index (χ3v) is 3.94. The third kappa shape index (κ3) is 4.65. The number of rotatable bonds is 7. The number of nitrogens with zero attached hydrogens (tertiary/aromatic N) is 1. The molecule has 102 valence electrons. The van der Waals surface area contributed by atoms with Crippen LogP contribution in [0.25, 0.3) is 0 Å². The van der Waals surface area contributed by atoms with Crippen molar-refractivity contribution < 1.29 is 4.39 Å². The van der Waals surface area contributed by atoms with E-state index in [4.69, 9.17) is 0 Å². The smallest absolute Gasteiger partial charge is 0.125 e. The summed E-state index contributed by atoms with van der Waals surface area (Å²) in [4.78, 5) is 3.47. The van der Waals surface area contributed by atoms with Crippen molar-refractivity contribution >= 4 is 17.0 Å². The Hall–Kier alpha value is -1.39. The van der Waals surface area contributed by atoms with Crippen molar-refractivity contribution in [2.75, 3.05) is 31.6 Å². The van der Waals surface area contributed by atoms with Crippen molar-refractivity contribution in [1.82, 2.24) is 5.32 Å². The lowest BCUT2D eigenvalue weighted by Gasteiger charge is -2.19. The Morgan fingerprint density at radius 3 is 2.84 bits per heavy atom. The van der Waals surface area contributed by atoms with Crippen LogP contribution < -0.4 is 10.2 Å². The molecule has 4 heteroatoms. The first-order chi connectivity index (χ1) is 9.25. The number of anilines is 1. The molecule has 0 unspecified atom stereocenters. The van der Waals surface area contributed by atoms with Gasteiger partial charge in [0, 0.05) is 37.2 Å².